The molecule has 0 heterocycles. The zero-order valence-corrected chi connectivity index (χ0v) is 7.55. The van der Waals surface area contributed by atoms with Crippen LogP contribution >= 0.6 is 0 Å². The number of unbranched alkanes of at least 4 members (excludes halogenated alkanes) is 1. The van der Waals surface area contributed by atoms with Gasteiger partial charge in [0.05, 0.1) is 0 Å². The number of rotatable bonds is 4. The van der Waals surface area contributed by atoms with E-state index in [0.29, 0.717) is 0 Å². The van der Waals surface area contributed by atoms with E-state index in [2.05, 4.69) is 13.0 Å². The minimum Gasteiger partial charge on any atom is -0.298 e. The molecule has 0 radical (unpaired) electrons. The van der Waals surface area contributed by atoms with Crippen molar-refractivity contribution in [2.75, 3.05) is 0 Å². The predicted molar refractivity (Wildman–Crippen MR) is 48.5 cm³/mol. The second-order valence-corrected chi connectivity index (χ2v) is 2.67. The molecule has 0 aliphatic rings. The van der Waals surface area contributed by atoms with Crippen LogP contribution in [0.1, 0.15) is 33.6 Å². The summed E-state index contributed by atoms with van der Waals surface area (Å²) in [5, 5.41) is 0. The maximum atomic E-state index is 10.3. The van der Waals surface area contributed by atoms with Crippen molar-refractivity contribution >= 4 is 6.29 Å². The summed E-state index contributed by atoms with van der Waals surface area (Å²) in [7, 11) is 0. The van der Waals surface area contributed by atoms with Crippen molar-refractivity contribution in [2.24, 2.45) is 0 Å². The van der Waals surface area contributed by atoms with Crippen LogP contribution in [-0.2, 0) is 4.79 Å². The second-order valence-electron chi connectivity index (χ2n) is 2.67. The molecule has 11 heavy (non-hydrogen) atoms. The molecular formula is C10H16O. The van der Waals surface area contributed by atoms with Crippen molar-refractivity contribution in [1.82, 2.24) is 0 Å². The van der Waals surface area contributed by atoms with Gasteiger partial charge < -0.3 is 0 Å². The summed E-state index contributed by atoms with van der Waals surface area (Å²) in [5.74, 6) is 0. The predicted octanol–water partition coefficient (Wildman–Crippen LogP) is 2.88. The summed E-state index contributed by atoms with van der Waals surface area (Å²) < 4.78 is 0. The van der Waals surface area contributed by atoms with Crippen LogP contribution < -0.4 is 0 Å². The molecular weight excluding hydrogens is 136 g/mol. The summed E-state index contributed by atoms with van der Waals surface area (Å²) in [6, 6.07) is 0. The lowest BCUT2D eigenvalue weighted by Gasteiger charge is -1.93. The number of carbonyl (C=O) groups is 1. The molecule has 0 N–H and O–H groups in total. The van der Waals surface area contributed by atoms with Gasteiger partial charge in [-0.15, -0.1) is 0 Å². The number of allylic oxidation sites excluding steroid dienone is 4. The van der Waals surface area contributed by atoms with Gasteiger partial charge in [-0.05, 0) is 31.4 Å². The Kier molecular flexibility index (Phi) is 5.44. The van der Waals surface area contributed by atoms with Gasteiger partial charge in [-0.1, -0.05) is 25.5 Å². The summed E-state index contributed by atoms with van der Waals surface area (Å²) in [4.78, 5) is 10.3. The highest BCUT2D eigenvalue weighted by atomic mass is 16.1. The number of hydrogen-bond acceptors (Lipinski definition) is 1. The molecule has 0 aliphatic heterocycles. The topological polar surface area (TPSA) is 17.1 Å². The van der Waals surface area contributed by atoms with Crippen molar-refractivity contribution in [3.63, 3.8) is 0 Å². The van der Waals surface area contributed by atoms with E-state index in [4.69, 9.17) is 0 Å². The third-order valence-corrected chi connectivity index (χ3v) is 1.62. The van der Waals surface area contributed by atoms with Crippen molar-refractivity contribution in [2.45, 2.75) is 33.6 Å². The standard InChI is InChI=1S/C10H16O/c1-4-5-6-7-9(2)10(3)8-11/h6-8H,4-5H2,1-3H3. The highest BCUT2D eigenvalue weighted by Gasteiger charge is 1.88. The smallest absolute Gasteiger partial charge is 0.146 e. The van der Waals surface area contributed by atoms with Gasteiger partial charge in [-0.3, -0.25) is 4.79 Å². The largest absolute Gasteiger partial charge is 0.298 e. The van der Waals surface area contributed by atoms with Crippen LogP contribution in [0.15, 0.2) is 23.3 Å². The quantitative estimate of drug-likeness (QED) is 0.344. The zero-order valence-electron chi connectivity index (χ0n) is 7.55. The first kappa shape index (κ1) is 10.2. The fourth-order valence-corrected chi connectivity index (χ4v) is 0.651. The Labute approximate surface area is 68.8 Å². The molecule has 0 saturated carbocycles. The Morgan fingerprint density at radius 3 is 2.36 bits per heavy atom. The molecule has 0 aliphatic carbocycles. The molecule has 1 nitrogen and oxygen atoms in total. The monoisotopic (exact) mass is 152 g/mol. The van der Waals surface area contributed by atoms with Crippen molar-refractivity contribution in [1.29, 1.82) is 0 Å². The van der Waals surface area contributed by atoms with Crippen LogP contribution in [-0.4, -0.2) is 6.29 Å². The molecule has 0 fully saturated rings. The zero-order chi connectivity index (χ0) is 8.69. The molecule has 62 valence electrons. The number of aldehydes is 1. The third-order valence-electron chi connectivity index (χ3n) is 1.62. The Hall–Kier alpha value is -0.850. The van der Waals surface area contributed by atoms with Gasteiger partial charge in [0, 0.05) is 0 Å². The molecule has 0 aromatic carbocycles. The van der Waals surface area contributed by atoms with Gasteiger partial charge in [0.25, 0.3) is 0 Å². The van der Waals surface area contributed by atoms with Crippen LogP contribution in [0.4, 0.5) is 0 Å². The SMILES string of the molecule is CCCC=CC(C)=C(C)C=O. The first-order valence-electron chi connectivity index (χ1n) is 4.01. The van der Waals surface area contributed by atoms with Gasteiger partial charge in [0.15, 0.2) is 0 Å². The fourth-order valence-electron chi connectivity index (χ4n) is 0.651. The normalized spacial score (nSPS) is 13.4. The molecule has 0 unspecified atom stereocenters. The molecule has 1 heteroatoms. The van der Waals surface area contributed by atoms with Crippen molar-refractivity contribution in [3.05, 3.63) is 23.3 Å². The van der Waals surface area contributed by atoms with Crippen molar-refractivity contribution in [3.8, 4) is 0 Å². The molecule has 0 bridgehead atoms. The molecule has 0 amide bonds. The first-order chi connectivity index (χ1) is 5.22. The molecule has 0 aromatic rings. The summed E-state index contributed by atoms with van der Waals surface area (Å²) in [5.41, 5.74) is 1.88. The van der Waals surface area contributed by atoms with Crippen molar-refractivity contribution < 1.29 is 4.79 Å². The number of hydrogen-bond donors (Lipinski definition) is 0. The average Bonchev–Trinajstić information content (AvgIpc) is 2.03. The van der Waals surface area contributed by atoms with Gasteiger partial charge in [0.1, 0.15) is 6.29 Å². The van der Waals surface area contributed by atoms with Crippen LogP contribution in [0.5, 0.6) is 0 Å². The second kappa shape index (κ2) is 5.90. The minimum atomic E-state index is 0.817. The molecule has 0 rings (SSSR count). The first-order valence-corrected chi connectivity index (χ1v) is 4.01. The average molecular weight is 152 g/mol. The molecule has 0 aromatic heterocycles. The van der Waals surface area contributed by atoms with Gasteiger partial charge in [-0.25, -0.2) is 0 Å². The van der Waals surface area contributed by atoms with Gasteiger partial charge >= 0.3 is 0 Å². The van der Waals surface area contributed by atoms with Crippen LogP contribution in [0.3, 0.4) is 0 Å². The lowest BCUT2D eigenvalue weighted by atomic mass is 10.1. The van der Waals surface area contributed by atoms with E-state index >= 15 is 0 Å². The Morgan fingerprint density at radius 1 is 1.27 bits per heavy atom. The fraction of sp³-hybridized carbons (Fsp3) is 0.500. The van der Waals surface area contributed by atoms with Crippen LogP contribution in [0, 0.1) is 0 Å². The van der Waals surface area contributed by atoms with E-state index in [-0.39, 0.29) is 0 Å². The number of carbonyl (C=O) groups excluding carboxylic acids is 1. The summed E-state index contributed by atoms with van der Waals surface area (Å²) in [6.45, 7) is 5.92. The highest BCUT2D eigenvalue weighted by Crippen LogP contribution is 2.02. The Bertz CT molecular complexity index is 175. The molecule has 0 saturated heterocycles. The van der Waals surface area contributed by atoms with Crippen LogP contribution in [0.2, 0.25) is 0 Å². The minimum absolute atomic E-state index is 0.817. The Balaban J connectivity index is 4.03. The maximum absolute atomic E-state index is 10.3. The van der Waals surface area contributed by atoms with Gasteiger partial charge in [0.2, 0.25) is 0 Å². The lowest BCUT2D eigenvalue weighted by Crippen LogP contribution is -1.80. The van der Waals surface area contributed by atoms with E-state index in [1.54, 1.807) is 0 Å². The summed E-state index contributed by atoms with van der Waals surface area (Å²) in [6.07, 6.45) is 7.24. The van der Waals surface area contributed by atoms with Gasteiger partial charge in [-0.2, -0.15) is 0 Å². The lowest BCUT2D eigenvalue weighted by molar-refractivity contribution is -0.104. The highest BCUT2D eigenvalue weighted by molar-refractivity contribution is 5.74. The molecule has 0 spiro atoms. The van der Waals surface area contributed by atoms with Crippen LogP contribution in [0.25, 0.3) is 0 Å². The summed E-state index contributed by atoms with van der Waals surface area (Å²) >= 11 is 0. The Morgan fingerprint density at radius 2 is 1.91 bits per heavy atom. The van der Waals surface area contributed by atoms with E-state index in [1.165, 1.54) is 0 Å². The third kappa shape index (κ3) is 4.54. The van der Waals surface area contributed by atoms with E-state index < -0.39 is 0 Å². The maximum Gasteiger partial charge on any atom is 0.146 e. The van der Waals surface area contributed by atoms with E-state index in [9.17, 15) is 4.79 Å². The van der Waals surface area contributed by atoms with E-state index in [0.717, 1.165) is 30.3 Å². The van der Waals surface area contributed by atoms with E-state index in [1.807, 2.05) is 19.9 Å². The molecule has 0 atom stereocenters.